The first-order valence-electron chi connectivity index (χ1n) is 9.72. The van der Waals surface area contributed by atoms with E-state index in [-0.39, 0.29) is 30.4 Å². The van der Waals surface area contributed by atoms with Crippen molar-refractivity contribution in [3.8, 4) is 11.4 Å². The molecule has 4 rings (SSSR count). The van der Waals surface area contributed by atoms with Crippen molar-refractivity contribution in [2.75, 3.05) is 20.1 Å². The Kier molecular flexibility index (Phi) is 7.18. The largest absolute Gasteiger partial charge is 0.359 e. The van der Waals surface area contributed by atoms with Crippen LogP contribution in [0.1, 0.15) is 28.1 Å². The van der Waals surface area contributed by atoms with Crippen LogP contribution in [0, 0.1) is 11.7 Å². The second-order valence-electron chi connectivity index (χ2n) is 7.43. The lowest BCUT2D eigenvalue weighted by Gasteiger charge is -2.17. The van der Waals surface area contributed by atoms with Crippen molar-refractivity contribution in [2.24, 2.45) is 5.92 Å². The highest BCUT2D eigenvalue weighted by Gasteiger charge is 2.21. The molecule has 8 heteroatoms. The van der Waals surface area contributed by atoms with Crippen LogP contribution in [0.15, 0.2) is 53.2 Å². The fourth-order valence-electron chi connectivity index (χ4n) is 3.62. The van der Waals surface area contributed by atoms with Crippen LogP contribution in [0.2, 0.25) is 0 Å². The summed E-state index contributed by atoms with van der Waals surface area (Å²) in [6.45, 7) is 2.16. The van der Waals surface area contributed by atoms with E-state index < -0.39 is 5.82 Å². The van der Waals surface area contributed by atoms with E-state index in [1.807, 2.05) is 18.2 Å². The highest BCUT2D eigenvalue weighted by atomic mass is 35.5. The average molecular weight is 431 g/mol. The van der Waals surface area contributed by atoms with Crippen molar-refractivity contribution in [1.29, 1.82) is 0 Å². The first kappa shape index (κ1) is 21.9. The quantitative estimate of drug-likeness (QED) is 0.645. The number of nitrogens with one attached hydrogen (secondary N) is 1. The maximum absolute atomic E-state index is 14.4. The molecule has 0 radical (unpaired) electrons. The predicted octanol–water partition coefficient (Wildman–Crippen LogP) is 3.72. The number of hydrogen-bond donors (Lipinski definition) is 1. The molecule has 1 N–H and O–H groups in total. The van der Waals surface area contributed by atoms with Crippen LogP contribution in [0.25, 0.3) is 11.4 Å². The molecule has 1 aliphatic rings. The van der Waals surface area contributed by atoms with Crippen LogP contribution in [0.5, 0.6) is 0 Å². The molecule has 6 nitrogen and oxygen atoms in total. The van der Waals surface area contributed by atoms with Gasteiger partial charge in [-0.2, -0.15) is 0 Å². The molecule has 1 aromatic carbocycles. The molecule has 0 bridgehead atoms. The molecule has 1 amide bonds. The Morgan fingerprint density at radius 1 is 1.27 bits per heavy atom. The van der Waals surface area contributed by atoms with Gasteiger partial charge in [0, 0.05) is 19.3 Å². The van der Waals surface area contributed by atoms with Gasteiger partial charge >= 0.3 is 0 Å². The van der Waals surface area contributed by atoms with Gasteiger partial charge in [-0.3, -0.25) is 9.78 Å². The van der Waals surface area contributed by atoms with Gasteiger partial charge in [0.15, 0.2) is 5.76 Å². The van der Waals surface area contributed by atoms with E-state index in [4.69, 9.17) is 4.52 Å². The molecule has 1 unspecified atom stereocenters. The van der Waals surface area contributed by atoms with Gasteiger partial charge < -0.3 is 14.7 Å². The number of nitrogens with zero attached hydrogens (tertiary/aromatic N) is 3. The van der Waals surface area contributed by atoms with Gasteiger partial charge in [-0.15, -0.1) is 12.4 Å². The molecule has 1 aliphatic heterocycles. The maximum atomic E-state index is 14.4. The number of benzene rings is 1. The summed E-state index contributed by atoms with van der Waals surface area (Å²) < 4.78 is 19.7. The molecule has 1 saturated heterocycles. The lowest BCUT2D eigenvalue weighted by Crippen LogP contribution is -2.27. The Labute approximate surface area is 180 Å². The third-order valence-corrected chi connectivity index (χ3v) is 5.17. The fraction of sp³-hybridized carbons (Fsp3) is 0.318. The Morgan fingerprint density at radius 2 is 2.13 bits per heavy atom. The minimum atomic E-state index is -0.512. The monoisotopic (exact) mass is 430 g/mol. The summed E-state index contributed by atoms with van der Waals surface area (Å²) in [5.74, 6) is 0.141. The molecule has 3 heterocycles. The highest BCUT2D eigenvalue weighted by molar-refractivity contribution is 5.94. The van der Waals surface area contributed by atoms with Gasteiger partial charge in [0.2, 0.25) is 0 Å². The molecule has 0 spiro atoms. The number of halogens is 2. The molecule has 0 saturated carbocycles. The zero-order valence-corrected chi connectivity index (χ0v) is 17.5. The molecule has 158 valence electrons. The summed E-state index contributed by atoms with van der Waals surface area (Å²) in [6, 6.07) is 12.1. The van der Waals surface area contributed by atoms with E-state index in [1.165, 1.54) is 11.0 Å². The summed E-state index contributed by atoms with van der Waals surface area (Å²) in [4.78, 5) is 18.5. The minimum absolute atomic E-state index is 0. The van der Waals surface area contributed by atoms with Crippen LogP contribution in [-0.4, -0.2) is 41.1 Å². The molecule has 0 aliphatic carbocycles. The Hall–Kier alpha value is -2.77. The molecule has 30 heavy (non-hydrogen) atoms. The first-order chi connectivity index (χ1) is 14.1. The van der Waals surface area contributed by atoms with Crippen LogP contribution < -0.4 is 5.32 Å². The predicted molar refractivity (Wildman–Crippen MR) is 114 cm³/mol. The van der Waals surface area contributed by atoms with Gasteiger partial charge in [-0.05, 0) is 61.7 Å². The summed E-state index contributed by atoms with van der Waals surface area (Å²) in [5.41, 5.74) is 2.35. The van der Waals surface area contributed by atoms with Crippen LogP contribution >= 0.6 is 12.4 Å². The zero-order valence-electron chi connectivity index (χ0n) is 16.7. The summed E-state index contributed by atoms with van der Waals surface area (Å²) >= 11 is 0. The third-order valence-electron chi connectivity index (χ3n) is 5.17. The number of rotatable bonds is 6. The number of carbonyl (C=O) groups is 1. The molecule has 1 fully saturated rings. The van der Waals surface area contributed by atoms with Crippen molar-refractivity contribution < 1.29 is 13.7 Å². The van der Waals surface area contributed by atoms with E-state index >= 15 is 0 Å². The second kappa shape index (κ2) is 9.82. The lowest BCUT2D eigenvalue weighted by molar-refractivity contribution is 0.0767. The zero-order chi connectivity index (χ0) is 20.2. The number of pyridine rings is 1. The van der Waals surface area contributed by atoms with Gasteiger partial charge in [0.05, 0.1) is 17.8 Å². The van der Waals surface area contributed by atoms with Crippen molar-refractivity contribution in [1.82, 2.24) is 20.4 Å². The molecule has 1 atom stereocenters. The first-order valence-corrected chi connectivity index (χ1v) is 9.72. The molecular formula is C22H24ClFN4O2. The third kappa shape index (κ3) is 5.04. The van der Waals surface area contributed by atoms with Crippen molar-refractivity contribution in [3.05, 3.63) is 71.4 Å². The number of carbonyl (C=O) groups excluding carboxylic acids is 1. The lowest BCUT2D eigenvalue weighted by atomic mass is 9.97. The maximum Gasteiger partial charge on any atom is 0.256 e. The molecule has 2 aromatic heterocycles. The van der Waals surface area contributed by atoms with Crippen LogP contribution in [-0.2, 0) is 13.0 Å². The average Bonchev–Trinajstić information content (AvgIpc) is 3.42. The van der Waals surface area contributed by atoms with E-state index in [1.54, 1.807) is 31.4 Å². The molecular weight excluding hydrogens is 407 g/mol. The summed E-state index contributed by atoms with van der Waals surface area (Å²) in [7, 11) is 1.62. The van der Waals surface area contributed by atoms with E-state index in [0.29, 0.717) is 23.1 Å². The Bertz CT molecular complexity index is 990. The summed E-state index contributed by atoms with van der Waals surface area (Å²) in [5, 5.41) is 7.34. The van der Waals surface area contributed by atoms with E-state index in [0.717, 1.165) is 31.5 Å². The van der Waals surface area contributed by atoms with Crippen LogP contribution in [0.4, 0.5) is 4.39 Å². The fourth-order valence-corrected chi connectivity index (χ4v) is 3.62. The summed E-state index contributed by atoms with van der Waals surface area (Å²) in [6.07, 6.45) is 3.62. The number of hydrogen-bond acceptors (Lipinski definition) is 5. The Balaban J connectivity index is 0.00000256. The normalized spacial score (nSPS) is 15.6. The smallest absolute Gasteiger partial charge is 0.256 e. The topological polar surface area (TPSA) is 71.3 Å². The standard InChI is InChI=1S/C22H23FN4O2.ClH/c1-27(14-17-12-21(26-29-17)20-4-2-3-8-25-20)22(28)18-11-15(5-6-19(18)23)10-16-7-9-24-13-16;/h2-6,8,11-12,16,24H,7,9-10,13-14H2,1H3;1H. The van der Waals surface area contributed by atoms with Gasteiger partial charge in [0.25, 0.3) is 5.91 Å². The van der Waals surface area contributed by atoms with Crippen molar-refractivity contribution >= 4 is 18.3 Å². The van der Waals surface area contributed by atoms with Gasteiger partial charge in [0.1, 0.15) is 11.5 Å². The number of aromatic nitrogens is 2. The minimum Gasteiger partial charge on any atom is -0.359 e. The number of amides is 1. The van der Waals surface area contributed by atoms with Crippen LogP contribution in [0.3, 0.4) is 0 Å². The van der Waals surface area contributed by atoms with Crippen molar-refractivity contribution in [3.63, 3.8) is 0 Å². The highest BCUT2D eigenvalue weighted by Crippen LogP contribution is 2.21. The molecule has 3 aromatic rings. The SMILES string of the molecule is CN(Cc1cc(-c2ccccn2)no1)C(=O)c1cc(CC2CCNC2)ccc1F.Cl. The van der Waals surface area contributed by atoms with Gasteiger partial charge in [-0.25, -0.2) is 4.39 Å². The van der Waals surface area contributed by atoms with E-state index in [2.05, 4.69) is 15.5 Å². The second-order valence-corrected chi connectivity index (χ2v) is 7.43. The van der Waals surface area contributed by atoms with Crippen molar-refractivity contribution in [2.45, 2.75) is 19.4 Å². The Morgan fingerprint density at radius 3 is 2.87 bits per heavy atom. The van der Waals surface area contributed by atoms with E-state index in [9.17, 15) is 9.18 Å². The van der Waals surface area contributed by atoms with Gasteiger partial charge in [-0.1, -0.05) is 17.3 Å².